The molecule has 0 spiro atoms. The number of hydrogen-bond donors (Lipinski definition) is 0. The summed E-state index contributed by atoms with van der Waals surface area (Å²) in [5.41, 5.74) is 0.855. The van der Waals surface area contributed by atoms with Crippen molar-refractivity contribution in [3.8, 4) is 0 Å². The van der Waals surface area contributed by atoms with E-state index in [1.807, 2.05) is 24.7 Å². The van der Waals surface area contributed by atoms with Crippen LogP contribution in [0.4, 0.5) is 0 Å². The molecule has 1 aromatic heterocycles. The molecule has 0 amide bonds. The lowest BCUT2D eigenvalue weighted by Gasteiger charge is -2.28. The smallest absolute Gasteiger partial charge is 0.113 e. The van der Waals surface area contributed by atoms with Crippen molar-refractivity contribution in [2.45, 2.75) is 32.8 Å². The second-order valence-corrected chi connectivity index (χ2v) is 3.30. The number of hydrogen-bond acceptors (Lipinski definition) is 2. The second-order valence-electron chi connectivity index (χ2n) is 3.30. The van der Waals surface area contributed by atoms with Crippen LogP contribution in [0.15, 0.2) is 6.07 Å². The molecule has 0 aromatic carbocycles. The van der Waals surface area contributed by atoms with Crippen molar-refractivity contribution < 1.29 is 4.74 Å². The Balaban J connectivity index is 2.95. The summed E-state index contributed by atoms with van der Waals surface area (Å²) in [6, 6.07) is 1.89. The molecule has 0 bridgehead atoms. The van der Waals surface area contributed by atoms with Gasteiger partial charge in [-0.1, -0.05) is 6.92 Å². The Bertz CT molecular complexity index is 270. The van der Waals surface area contributed by atoms with Gasteiger partial charge in [0.15, 0.2) is 0 Å². The maximum absolute atomic E-state index is 5.72. The Kier molecular flexibility index (Phi) is 3.09. The minimum Gasteiger partial charge on any atom is -0.369 e. The van der Waals surface area contributed by atoms with Crippen LogP contribution in [-0.4, -0.2) is 16.4 Å². The van der Waals surface area contributed by atoms with Gasteiger partial charge in [0.2, 0.25) is 0 Å². The molecule has 13 heavy (non-hydrogen) atoms. The SMILES string of the molecule is CCOC(C)(CC)c1c[c]nn1C. The Morgan fingerprint density at radius 3 is 2.69 bits per heavy atom. The summed E-state index contributed by atoms with van der Waals surface area (Å²) in [7, 11) is 1.92. The van der Waals surface area contributed by atoms with E-state index in [9.17, 15) is 0 Å². The lowest BCUT2D eigenvalue weighted by Crippen LogP contribution is -2.27. The van der Waals surface area contributed by atoms with Crippen LogP contribution in [0.1, 0.15) is 32.9 Å². The molecule has 1 unspecified atom stereocenters. The lowest BCUT2D eigenvalue weighted by molar-refractivity contribution is -0.0381. The molecule has 1 rings (SSSR count). The van der Waals surface area contributed by atoms with Crippen LogP contribution in [0.2, 0.25) is 0 Å². The molecule has 1 heterocycles. The quantitative estimate of drug-likeness (QED) is 0.709. The molecule has 0 N–H and O–H groups in total. The molecule has 3 heteroatoms. The third-order valence-electron chi connectivity index (χ3n) is 2.44. The van der Waals surface area contributed by atoms with Crippen molar-refractivity contribution in [3.05, 3.63) is 18.0 Å². The van der Waals surface area contributed by atoms with E-state index in [1.54, 1.807) is 0 Å². The summed E-state index contributed by atoms with van der Waals surface area (Å²) >= 11 is 0. The lowest BCUT2D eigenvalue weighted by atomic mass is 9.99. The highest BCUT2D eigenvalue weighted by Crippen LogP contribution is 2.27. The normalized spacial score (nSPS) is 15.7. The van der Waals surface area contributed by atoms with Gasteiger partial charge in [0.05, 0.1) is 5.69 Å². The van der Waals surface area contributed by atoms with Gasteiger partial charge in [-0.2, -0.15) is 5.10 Å². The zero-order valence-electron chi connectivity index (χ0n) is 8.79. The number of nitrogens with zero attached hydrogens (tertiary/aromatic N) is 2. The topological polar surface area (TPSA) is 27.1 Å². The molecular formula is C10H17N2O. The second kappa shape index (κ2) is 3.92. The predicted octanol–water partition coefficient (Wildman–Crippen LogP) is 1.88. The Hall–Kier alpha value is -0.830. The fourth-order valence-electron chi connectivity index (χ4n) is 1.49. The summed E-state index contributed by atoms with van der Waals surface area (Å²) in [5, 5.41) is 4.02. The van der Waals surface area contributed by atoms with Crippen molar-refractivity contribution in [1.82, 2.24) is 9.78 Å². The number of aryl methyl sites for hydroxylation is 1. The summed E-state index contributed by atoms with van der Waals surface area (Å²) < 4.78 is 7.54. The fourth-order valence-corrected chi connectivity index (χ4v) is 1.49. The molecule has 0 saturated carbocycles. The number of rotatable bonds is 4. The Morgan fingerprint density at radius 1 is 1.62 bits per heavy atom. The summed E-state index contributed by atoms with van der Waals surface area (Å²) in [6.07, 6.45) is 3.77. The Morgan fingerprint density at radius 2 is 2.31 bits per heavy atom. The fraction of sp³-hybridized carbons (Fsp3) is 0.700. The van der Waals surface area contributed by atoms with Crippen LogP contribution in [0.3, 0.4) is 0 Å². The molecule has 1 aromatic rings. The van der Waals surface area contributed by atoms with Gasteiger partial charge >= 0.3 is 0 Å². The van der Waals surface area contributed by atoms with Gasteiger partial charge in [-0.05, 0) is 26.3 Å². The van der Waals surface area contributed by atoms with Crippen molar-refractivity contribution in [2.24, 2.45) is 7.05 Å². The first kappa shape index (κ1) is 10.3. The average molecular weight is 181 g/mol. The van der Waals surface area contributed by atoms with E-state index in [0.717, 1.165) is 18.7 Å². The van der Waals surface area contributed by atoms with E-state index in [4.69, 9.17) is 4.74 Å². The maximum Gasteiger partial charge on any atom is 0.113 e. The molecule has 0 aliphatic carbocycles. The zero-order valence-corrected chi connectivity index (χ0v) is 8.79. The molecule has 0 saturated heterocycles. The maximum atomic E-state index is 5.72. The van der Waals surface area contributed by atoms with E-state index in [0.29, 0.717) is 0 Å². The molecule has 73 valence electrons. The largest absolute Gasteiger partial charge is 0.369 e. The standard InChI is InChI=1S/C10H17N2O/c1-5-10(3,13-6-2)9-7-8-11-12(9)4/h7H,5-6H2,1-4H3. The van der Waals surface area contributed by atoms with Crippen molar-refractivity contribution >= 4 is 0 Å². The van der Waals surface area contributed by atoms with E-state index >= 15 is 0 Å². The first-order chi connectivity index (χ1) is 6.14. The van der Waals surface area contributed by atoms with Gasteiger partial charge in [0.1, 0.15) is 11.8 Å². The van der Waals surface area contributed by atoms with Gasteiger partial charge in [0.25, 0.3) is 0 Å². The molecule has 0 aliphatic rings. The molecule has 1 radical (unpaired) electrons. The van der Waals surface area contributed by atoms with Crippen LogP contribution in [0.5, 0.6) is 0 Å². The minimum absolute atomic E-state index is 0.226. The van der Waals surface area contributed by atoms with Gasteiger partial charge in [-0.25, -0.2) is 0 Å². The monoisotopic (exact) mass is 181 g/mol. The van der Waals surface area contributed by atoms with Gasteiger partial charge in [0, 0.05) is 13.7 Å². The van der Waals surface area contributed by atoms with Crippen LogP contribution in [-0.2, 0) is 17.4 Å². The third-order valence-corrected chi connectivity index (χ3v) is 2.44. The van der Waals surface area contributed by atoms with Gasteiger partial charge < -0.3 is 4.74 Å². The molecule has 1 atom stereocenters. The first-order valence-electron chi connectivity index (χ1n) is 4.68. The summed E-state index contributed by atoms with van der Waals surface area (Å²) in [6.45, 7) is 6.92. The molecular weight excluding hydrogens is 164 g/mol. The highest BCUT2D eigenvalue weighted by Gasteiger charge is 2.27. The highest BCUT2D eigenvalue weighted by molar-refractivity contribution is 5.09. The highest BCUT2D eigenvalue weighted by atomic mass is 16.5. The molecule has 0 aliphatic heterocycles. The van der Waals surface area contributed by atoms with E-state index in [2.05, 4.69) is 25.1 Å². The minimum atomic E-state index is -0.226. The van der Waals surface area contributed by atoms with Crippen molar-refractivity contribution in [3.63, 3.8) is 0 Å². The van der Waals surface area contributed by atoms with Gasteiger partial charge in [-0.3, -0.25) is 4.68 Å². The van der Waals surface area contributed by atoms with Gasteiger partial charge in [-0.15, -0.1) is 0 Å². The Labute approximate surface area is 79.7 Å². The average Bonchev–Trinajstić information content (AvgIpc) is 2.52. The summed E-state index contributed by atoms with van der Waals surface area (Å²) in [4.78, 5) is 0. The number of ether oxygens (including phenoxy) is 1. The van der Waals surface area contributed by atoms with Crippen LogP contribution >= 0.6 is 0 Å². The first-order valence-corrected chi connectivity index (χ1v) is 4.68. The van der Waals surface area contributed by atoms with Crippen molar-refractivity contribution in [1.29, 1.82) is 0 Å². The zero-order chi connectivity index (χ0) is 9.90. The van der Waals surface area contributed by atoms with Crippen LogP contribution in [0.25, 0.3) is 0 Å². The van der Waals surface area contributed by atoms with Crippen molar-refractivity contribution in [2.75, 3.05) is 6.61 Å². The molecule has 0 fully saturated rings. The third kappa shape index (κ3) is 1.91. The number of aromatic nitrogens is 2. The van der Waals surface area contributed by atoms with E-state index in [-0.39, 0.29) is 5.60 Å². The van der Waals surface area contributed by atoms with Crippen LogP contribution in [0, 0.1) is 6.20 Å². The molecule has 3 nitrogen and oxygen atoms in total. The predicted molar refractivity (Wildman–Crippen MR) is 51.3 cm³/mol. The van der Waals surface area contributed by atoms with E-state index < -0.39 is 0 Å². The summed E-state index contributed by atoms with van der Waals surface area (Å²) in [5.74, 6) is 0. The van der Waals surface area contributed by atoms with Crippen LogP contribution < -0.4 is 0 Å². The van der Waals surface area contributed by atoms with E-state index in [1.165, 1.54) is 0 Å².